The molecule has 1 amide bonds. The number of rotatable bonds is 3. The molecule has 6 nitrogen and oxygen atoms in total. The minimum Gasteiger partial charge on any atom is -0.478 e. The molecule has 1 aliphatic rings. The van der Waals surface area contributed by atoms with Crippen molar-refractivity contribution in [2.24, 2.45) is 0 Å². The minimum atomic E-state index is -0.962. The van der Waals surface area contributed by atoms with E-state index in [2.05, 4.69) is 10.3 Å². The summed E-state index contributed by atoms with van der Waals surface area (Å²) in [5.74, 6) is 0.137. The van der Waals surface area contributed by atoms with Crippen LogP contribution in [0.3, 0.4) is 0 Å². The molecule has 1 aromatic heterocycles. The third-order valence-electron chi connectivity index (χ3n) is 3.80. The first kappa shape index (κ1) is 13.6. The Morgan fingerprint density at radius 3 is 2.81 bits per heavy atom. The summed E-state index contributed by atoms with van der Waals surface area (Å²) in [6, 6.07) is 4.92. The van der Waals surface area contributed by atoms with Crippen molar-refractivity contribution in [2.75, 3.05) is 6.54 Å². The van der Waals surface area contributed by atoms with Crippen molar-refractivity contribution < 1.29 is 14.7 Å². The second-order valence-corrected chi connectivity index (χ2v) is 5.67. The molecule has 21 heavy (non-hydrogen) atoms. The van der Waals surface area contributed by atoms with Gasteiger partial charge in [-0.3, -0.25) is 4.79 Å². The van der Waals surface area contributed by atoms with Crippen LogP contribution in [0.4, 0.5) is 0 Å². The molecular weight excluding hydrogens is 270 g/mol. The van der Waals surface area contributed by atoms with Crippen molar-refractivity contribution >= 4 is 22.9 Å². The first-order valence-electron chi connectivity index (χ1n) is 6.99. The highest BCUT2D eigenvalue weighted by Gasteiger charge is 2.28. The lowest BCUT2D eigenvalue weighted by Gasteiger charge is -2.16. The number of nitrogens with zero attached hydrogens (tertiary/aromatic N) is 2. The summed E-state index contributed by atoms with van der Waals surface area (Å²) in [5.41, 5.74) is 1.78. The highest BCUT2D eigenvalue weighted by atomic mass is 16.4. The summed E-state index contributed by atoms with van der Waals surface area (Å²) in [7, 11) is 0. The van der Waals surface area contributed by atoms with Crippen molar-refractivity contribution in [1.82, 2.24) is 14.9 Å². The molecule has 3 rings (SSSR count). The van der Waals surface area contributed by atoms with Gasteiger partial charge in [0.05, 0.1) is 22.6 Å². The van der Waals surface area contributed by atoms with Crippen molar-refractivity contribution in [2.45, 2.75) is 32.2 Å². The summed E-state index contributed by atoms with van der Waals surface area (Å²) in [4.78, 5) is 27.3. The summed E-state index contributed by atoms with van der Waals surface area (Å²) in [6.07, 6.45) is 0.405. The minimum absolute atomic E-state index is 0.0102. The van der Waals surface area contributed by atoms with Gasteiger partial charge in [0.1, 0.15) is 5.82 Å². The Kier molecular flexibility index (Phi) is 3.16. The van der Waals surface area contributed by atoms with Crippen LogP contribution in [0, 0.1) is 0 Å². The molecule has 2 heterocycles. The Morgan fingerprint density at radius 2 is 2.24 bits per heavy atom. The topological polar surface area (TPSA) is 84.2 Å². The van der Waals surface area contributed by atoms with Crippen LogP contribution in [-0.4, -0.2) is 33.1 Å². The fraction of sp³-hybridized carbons (Fsp3) is 0.400. The third kappa shape index (κ3) is 2.26. The van der Waals surface area contributed by atoms with Gasteiger partial charge in [0.25, 0.3) is 0 Å². The molecule has 0 aliphatic carbocycles. The number of carbonyl (C=O) groups is 2. The van der Waals surface area contributed by atoms with Crippen LogP contribution in [0.1, 0.15) is 48.4 Å². The van der Waals surface area contributed by atoms with E-state index in [0.717, 1.165) is 16.9 Å². The van der Waals surface area contributed by atoms with Crippen molar-refractivity contribution in [3.05, 3.63) is 29.6 Å². The van der Waals surface area contributed by atoms with Crippen molar-refractivity contribution in [3.8, 4) is 0 Å². The maximum Gasteiger partial charge on any atom is 0.335 e. The van der Waals surface area contributed by atoms with Crippen LogP contribution in [-0.2, 0) is 4.79 Å². The SMILES string of the molecule is CC(C)c1nc2ccc(C(=O)O)cc2n1C1CNC(=O)C1. The quantitative estimate of drug-likeness (QED) is 0.903. The van der Waals surface area contributed by atoms with Gasteiger partial charge in [-0.2, -0.15) is 0 Å². The van der Waals surface area contributed by atoms with E-state index in [1.165, 1.54) is 0 Å². The molecule has 2 N–H and O–H groups in total. The summed E-state index contributed by atoms with van der Waals surface area (Å²) >= 11 is 0. The molecule has 0 bridgehead atoms. The zero-order valence-corrected chi connectivity index (χ0v) is 12.0. The first-order valence-corrected chi connectivity index (χ1v) is 6.99. The van der Waals surface area contributed by atoms with E-state index in [9.17, 15) is 9.59 Å². The smallest absolute Gasteiger partial charge is 0.335 e. The van der Waals surface area contributed by atoms with Crippen LogP contribution in [0.2, 0.25) is 0 Å². The van der Waals surface area contributed by atoms with Gasteiger partial charge in [0.2, 0.25) is 5.91 Å². The van der Waals surface area contributed by atoms with E-state index in [4.69, 9.17) is 5.11 Å². The lowest BCUT2D eigenvalue weighted by atomic mass is 10.1. The zero-order valence-electron chi connectivity index (χ0n) is 12.0. The first-order chi connectivity index (χ1) is 9.97. The number of amides is 1. The predicted octanol–water partition coefficient (Wildman–Crippen LogP) is 1.92. The van der Waals surface area contributed by atoms with Crippen LogP contribution >= 0.6 is 0 Å². The molecule has 1 unspecified atom stereocenters. The summed E-state index contributed by atoms with van der Waals surface area (Å²) < 4.78 is 2.02. The number of benzene rings is 1. The number of nitrogens with one attached hydrogen (secondary N) is 1. The number of carboxylic acids is 1. The van der Waals surface area contributed by atoms with E-state index in [1.54, 1.807) is 18.2 Å². The predicted molar refractivity (Wildman–Crippen MR) is 77.4 cm³/mol. The molecular formula is C15H17N3O3. The molecule has 6 heteroatoms. The molecule has 2 aromatic rings. The van der Waals surface area contributed by atoms with E-state index >= 15 is 0 Å². The third-order valence-corrected chi connectivity index (χ3v) is 3.80. The molecule has 1 atom stereocenters. The number of hydrogen-bond donors (Lipinski definition) is 2. The van der Waals surface area contributed by atoms with Gasteiger partial charge >= 0.3 is 5.97 Å². The molecule has 1 fully saturated rings. The fourth-order valence-electron chi connectivity index (χ4n) is 2.81. The van der Waals surface area contributed by atoms with Crippen molar-refractivity contribution in [1.29, 1.82) is 0 Å². The molecule has 0 radical (unpaired) electrons. The molecule has 110 valence electrons. The Bertz CT molecular complexity index is 733. The highest BCUT2D eigenvalue weighted by Crippen LogP contribution is 2.29. The number of hydrogen-bond acceptors (Lipinski definition) is 3. The van der Waals surface area contributed by atoms with Crippen molar-refractivity contribution in [3.63, 3.8) is 0 Å². The summed E-state index contributed by atoms with van der Waals surface area (Å²) in [5, 5.41) is 12.0. The maximum absolute atomic E-state index is 11.5. The number of aromatic nitrogens is 2. The van der Waals surface area contributed by atoms with Crippen LogP contribution in [0.15, 0.2) is 18.2 Å². The molecule has 1 aromatic carbocycles. The van der Waals surface area contributed by atoms with Gasteiger partial charge in [0.15, 0.2) is 0 Å². The second kappa shape index (κ2) is 4.87. The number of fused-ring (bicyclic) bond motifs is 1. The molecule has 0 spiro atoms. The Morgan fingerprint density at radius 1 is 1.48 bits per heavy atom. The number of imidazole rings is 1. The second-order valence-electron chi connectivity index (χ2n) is 5.67. The van der Waals surface area contributed by atoms with Gasteiger partial charge in [0, 0.05) is 18.9 Å². The molecule has 1 saturated heterocycles. The number of carbonyl (C=O) groups excluding carboxylic acids is 1. The van der Waals surface area contributed by atoms with Gasteiger partial charge in [-0.25, -0.2) is 9.78 Å². The lowest BCUT2D eigenvalue weighted by molar-refractivity contribution is -0.119. The average molecular weight is 287 g/mol. The molecule has 0 saturated carbocycles. The maximum atomic E-state index is 11.5. The monoisotopic (exact) mass is 287 g/mol. The Balaban J connectivity index is 2.21. The van der Waals surface area contributed by atoms with Gasteiger partial charge in [-0.05, 0) is 18.2 Å². The lowest BCUT2D eigenvalue weighted by Crippen LogP contribution is -2.17. The molecule has 1 aliphatic heterocycles. The van der Waals surface area contributed by atoms with E-state index in [0.29, 0.717) is 13.0 Å². The number of carboxylic acid groups (broad SMARTS) is 1. The Labute approximate surface area is 121 Å². The van der Waals surface area contributed by atoms with Crippen LogP contribution < -0.4 is 5.32 Å². The largest absolute Gasteiger partial charge is 0.478 e. The van der Waals surface area contributed by atoms with Crippen LogP contribution in [0.5, 0.6) is 0 Å². The van der Waals surface area contributed by atoms with E-state index in [1.807, 2.05) is 18.4 Å². The average Bonchev–Trinajstić information content (AvgIpc) is 3.00. The van der Waals surface area contributed by atoms with Crippen LogP contribution in [0.25, 0.3) is 11.0 Å². The number of aromatic carboxylic acids is 1. The van der Waals surface area contributed by atoms with Gasteiger partial charge in [-0.15, -0.1) is 0 Å². The fourth-order valence-corrected chi connectivity index (χ4v) is 2.81. The van der Waals surface area contributed by atoms with Gasteiger partial charge in [-0.1, -0.05) is 13.8 Å². The highest BCUT2D eigenvalue weighted by molar-refractivity contribution is 5.92. The zero-order chi connectivity index (χ0) is 15.1. The van der Waals surface area contributed by atoms with Gasteiger partial charge < -0.3 is 15.0 Å². The van der Waals surface area contributed by atoms with E-state index in [-0.39, 0.29) is 23.4 Å². The Hall–Kier alpha value is -2.37. The normalized spacial score (nSPS) is 18.4. The van der Waals surface area contributed by atoms with E-state index < -0.39 is 5.97 Å². The summed E-state index contributed by atoms with van der Waals surface area (Å²) in [6.45, 7) is 4.64. The standard InChI is InChI=1S/C15H17N3O3/c1-8(2)14-17-11-4-3-9(15(20)21)5-12(11)18(14)10-6-13(19)16-7-10/h3-5,8,10H,6-7H2,1-2H3,(H,16,19)(H,20,21).